The number of rotatable bonds is 4. The Labute approximate surface area is 186 Å². The molecular formula is C22H24FN5O2S. The van der Waals surface area contributed by atoms with Crippen LogP contribution in [0.5, 0.6) is 0 Å². The highest BCUT2D eigenvalue weighted by atomic mass is 32.1. The summed E-state index contributed by atoms with van der Waals surface area (Å²) < 4.78 is 15.1. The Balaban J connectivity index is 0.00000231. The van der Waals surface area contributed by atoms with E-state index in [0.717, 1.165) is 61.8 Å². The lowest BCUT2D eigenvalue weighted by molar-refractivity contribution is -0.389. The molecule has 0 unspecified atom stereocenters. The van der Waals surface area contributed by atoms with E-state index in [9.17, 15) is 14.5 Å². The number of hydrogen-bond donors (Lipinski definition) is 0. The van der Waals surface area contributed by atoms with Crippen molar-refractivity contribution in [2.24, 2.45) is 5.41 Å². The lowest BCUT2D eigenvalue weighted by atomic mass is 9.87. The van der Waals surface area contributed by atoms with Crippen LogP contribution in [0.25, 0.3) is 11.3 Å². The Hall–Kier alpha value is -2.78. The SMILES string of the molecule is C[C@@]1(CN2CCc3nc(-c4ccc(F)cc4)ccc3C2)Cc2nc([N+](=O)[O-])cn2C1.S. The lowest BCUT2D eigenvalue weighted by Gasteiger charge is -2.34. The standard InChI is InChI=1S/C22H22FN5O2.H2S/c1-22(10-20-25-21(28(29)30)12-27(20)14-22)13-26-9-8-19-16(11-26)4-7-18(24-19)15-2-5-17(23)6-3-15;/h2-7,12H,8-11,13-14H2,1H3;1H2/t22-;/m0./s1. The first-order valence-corrected chi connectivity index (χ1v) is 10.1. The van der Waals surface area contributed by atoms with E-state index in [0.29, 0.717) is 0 Å². The third kappa shape index (κ3) is 4.20. The van der Waals surface area contributed by atoms with Gasteiger partial charge in [0, 0.05) is 55.7 Å². The van der Waals surface area contributed by atoms with Crippen molar-refractivity contribution >= 4 is 19.3 Å². The first-order chi connectivity index (χ1) is 14.4. The van der Waals surface area contributed by atoms with Crippen LogP contribution < -0.4 is 0 Å². The van der Waals surface area contributed by atoms with E-state index in [1.165, 1.54) is 17.7 Å². The van der Waals surface area contributed by atoms with Crippen LogP contribution in [0.1, 0.15) is 24.0 Å². The maximum atomic E-state index is 13.2. The van der Waals surface area contributed by atoms with Crippen molar-refractivity contribution in [3.63, 3.8) is 0 Å². The van der Waals surface area contributed by atoms with Crippen molar-refractivity contribution in [1.82, 2.24) is 19.4 Å². The molecule has 0 spiro atoms. The average molecular weight is 442 g/mol. The van der Waals surface area contributed by atoms with E-state index in [1.807, 2.05) is 10.6 Å². The second kappa shape index (κ2) is 8.05. The van der Waals surface area contributed by atoms with E-state index in [-0.39, 0.29) is 30.5 Å². The number of benzene rings is 1. The van der Waals surface area contributed by atoms with Gasteiger partial charge in [0.25, 0.3) is 0 Å². The second-order valence-electron chi connectivity index (χ2n) is 8.66. The Morgan fingerprint density at radius 3 is 2.68 bits per heavy atom. The zero-order valence-electron chi connectivity index (χ0n) is 17.2. The van der Waals surface area contributed by atoms with Gasteiger partial charge in [-0.1, -0.05) is 13.0 Å². The van der Waals surface area contributed by atoms with E-state index in [2.05, 4.69) is 22.9 Å². The van der Waals surface area contributed by atoms with Gasteiger partial charge in [0.15, 0.2) is 0 Å². The van der Waals surface area contributed by atoms with Gasteiger partial charge in [0.2, 0.25) is 5.82 Å². The number of halogens is 1. The van der Waals surface area contributed by atoms with Crippen LogP contribution in [0, 0.1) is 21.3 Å². The molecule has 2 aliphatic rings. The van der Waals surface area contributed by atoms with E-state index < -0.39 is 4.92 Å². The molecule has 0 bridgehead atoms. The molecule has 0 radical (unpaired) electrons. The summed E-state index contributed by atoms with van der Waals surface area (Å²) in [6, 6.07) is 10.6. The predicted molar refractivity (Wildman–Crippen MR) is 120 cm³/mol. The maximum Gasteiger partial charge on any atom is 0.381 e. The summed E-state index contributed by atoms with van der Waals surface area (Å²) >= 11 is 0. The first-order valence-electron chi connectivity index (χ1n) is 10.1. The fourth-order valence-corrected chi connectivity index (χ4v) is 4.69. The molecule has 162 valence electrons. The Morgan fingerprint density at radius 1 is 1.19 bits per heavy atom. The number of nitro groups is 1. The Bertz CT molecular complexity index is 1110. The van der Waals surface area contributed by atoms with Gasteiger partial charge in [-0.25, -0.2) is 4.39 Å². The molecule has 3 aromatic rings. The quantitative estimate of drug-likeness (QED) is 0.456. The fourth-order valence-electron chi connectivity index (χ4n) is 4.69. The predicted octanol–water partition coefficient (Wildman–Crippen LogP) is 3.73. The molecule has 0 aliphatic carbocycles. The first kappa shape index (κ1) is 21.5. The molecule has 0 amide bonds. The fraction of sp³-hybridized carbons (Fsp3) is 0.364. The van der Waals surface area contributed by atoms with Gasteiger partial charge in [0.1, 0.15) is 12.0 Å². The Kier molecular flexibility index (Phi) is 5.57. The molecule has 9 heteroatoms. The van der Waals surface area contributed by atoms with Crippen molar-refractivity contribution in [3.05, 3.63) is 75.6 Å². The van der Waals surface area contributed by atoms with Gasteiger partial charge in [-0.15, -0.1) is 0 Å². The molecule has 2 aromatic heterocycles. The smallest absolute Gasteiger partial charge is 0.358 e. The van der Waals surface area contributed by atoms with Gasteiger partial charge in [-0.3, -0.25) is 9.88 Å². The van der Waals surface area contributed by atoms with Gasteiger partial charge in [0.05, 0.1) is 5.69 Å². The second-order valence-corrected chi connectivity index (χ2v) is 8.66. The van der Waals surface area contributed by atoms with Crippen LogP contribution >= 0.6 is 13.5 Å². The summed E-state index contributed by atoms with van der Waals surface area (Å²) in [5.41, 5.74) is 4.13. The van der Waals surface area contributed by atoms with Crippen molar-refractivity contribution in [2.75, 3.05) is 13.1 Å². The highest BCUT2D eigenvalue weighted by Gasteiger charge is 2.40. The van der Waals surface area contributed by atoms with Crippen molar-refractivity contribution in [2.45, 2.75) is 32.9 Å². The summed E-state index contributed by atoms with van der Waals surface area (Å²) in [6.45, 7) is 5.63. The number of pyridine rings is 1. The molecule has 0 fully saturated rings. The van der Waals surface area contributed by atoms with Crippen molar-refractivity contribution in [3.8, 4) is 11.3 Å². The summed E-state index contributed by atoms with van der Waals surface area (Å²) in [7, 11) is 0. The van der Waals surface area contributed by atoms with Crippen molar-refractivity contribution < 1.29 is 9.31 Å². The molecule has 5 rings (SSSR count). The minimum atomic E-state index is -0.433. The van der Waals surface area contributed by atoms with Crippen molar-refractivity contribution in [1.29, 1.82) is 0 Å². The molecule has 4 heterocycles. The molecule has 0 saturated heterocycles. The topological polar surface area (TPSA) is 77.1 Å². The molecule has 0 saturated carbocycles. The number of nitrogens with zero attached hydrogens (tertiary/aromatic N) is 5. The number of imidazole rings is 1. The minimum Gasteiger partial charge on any atom is -0.358 e. The molecule has 1 atom stereocenters. The number of fused-ring (bicyclic) bond motifs is 2. The summed E-state index contributed by atoms with van der Waals surface area (Å²) in [5.74, 6) is 0.485. The minimum absolute atomic E-state index is 0. The van der Waals surface area contributed by atoms with Gasteiger partial charge < -0.3 is 14.7 Å². The van der Waals surface area contributed by atoms with Crippen LogP contribution in [-0.2, 0) is 25.9 Å². The molecule has 1 aromatic carbocycles. The molecule has 31 heavy (non-hydrogen) atoms. The van der Waals surface area contributed by atoms with Crippen LogP contribution in [0.2, 0.25) is 0 Å². The molecule has 2 aliphatic heterocycles. The van der Waals surface area contributed by atoms with Crippen LogP contribution in [-0.4, -0.2) is 37.4 Å². The monoisotopic (exact) mass is 441 g/mol. The zero-order chi connectivity index (χ0) is 20.9. The molecular weight excluding hydrogens is 417 g/mol. The zero-order valence-corrected chi connectivity index (χ0v) is 18.2. The maximum absolute atomic E-state index is 13.2. The van der Waals surface area contributed by atoms with Gasteiger partial charge in [-0.05, 0) is 45.8 Å². The van der Waals surface area contributed by atoms with E-state index in [1.54, 1.807) is 18.3 Å². The van der Waals surface area contributed by atoms with Crippen LogP contribution in [0.4, 0.5) is 10.2 Å². The summed E-state index contributed by atoms with van der Waals surface area (Å²) in [4.78, 5) is 21.9. The Morgan fingerprint density at radius 2 is 1.97 bits per heavy atom. The number of aromatic nitrogens is 3. The van der Waals surface area contributed by atoms with Crippen LogP contribution in [0.15, 0.2) is 42.6 Å². The summed E-state index contributed by atoms with van der Waals surface area (Å²) in [5, 5.41) is 10.9. The lowest BCUT2D eigenvalue weighted by Crippen LogP contribution is -2.40. The van der Waals surface area contributed by atoms with Gasteiger partial charge in [-0.2, -0.15) is 13.5 Å². The highest BCUT2D eigenvalue weighted by Crippen LogP contribution is 2.35. The summed E-state index contributed by atoms with van der Waals surface area (Å²) in [6.07, 6.45) is 3.16. The molecule has 0 N–H and O–H groups in total. The highest BCUT2D eigenvalue weighted by molar-refractivity contribution is 7.59. The van der Waals surface area contributed by atoms with Crippen LogP contribution in [0.3, 0.4) is 0 Å². The number of hydrogen-bond acceptors (Lipinski definition) is 5. The average Bonchev–Trinajstić information content (AvgIpc) is 3.23. The molecule has 7 nitrogen and oxygen atoms in total. The largest absolute Gasteiger partial charge is 0.381 e. The van der Waals surface area contributed by atoms with Gasteiger partial charge >= 0.3 is 5.82 Å². The third-order valence-electron chi connectivity index (χ3n) is 6.04. The normalized spacial score (nSPS) is 20.1. The van der Waals surface area contributed by atoms with E-state index in [4.69, 9.17) is 4.98 Å². The van der Waals surface area contributed by atoms with E-state index >= 15 is 0 Å². The third-order valence-corrected chi connectivity index (χ3v) is 6.04.